The van der Waals surface area contributed by atoms with E-state index >= 15 is 0 Å². The molecule has 1 rings (SSSR count). The summed E-state index contributed by atoms with van der Waals surface area (Å²) in [6.07, 6.45) is -0.0747. The first-order valence-electron chi connectivity index (χ1n) is 13.0. The van der Waals surface area contributed by atoms with Crippen LogP contribution in [-0.2, 0) is 23.9 Å². The second-order valence-corrected chi connectivity index (χ2v) is 10.5. The van der Waals surface area contributed by atoms with Gasteiger partial charge in [0.2, 0.25) is 11.8 Å². The van der Waals surface area contributed by atoms with Crippen molar-refractivity contribution in [2.75, 3.05) is 19.7 Å². The first-order valence-corrected chi connectivity index (χ1v) is 13.0. The molecule has 9 nitrogen and oxygen atoms in total. The van der Waals surface area contributed by atoms with Crippen molar-refractivity contribution in [3.05, 3.63) is 34.9 Å². The van der Waals surface area contributed by atoms with Crippen molar-refractivity contribution >= 4 is 23.9 Å². The molecule has 0 aliphatic rings. The molecule has 2 unspecified atom stereocenters. The summed E-state index contributed by atoms with van der Waals surface area (Å²) in [5, 5.41) is 5.53. The molecule has 2 atom stereocenters. The van der Waals surface area contributed by atoms with E-state index in [0.717, 1.165) is 16.7 Å². The first kappa shape index (κ1) is 31.9. The lowest BCUT2D eigenvalue weighted by atomic mass is 9.92. The highest BCUT2D eigenvalue weighted by atomic mass is 16.6. The summed E-state index contributed by atoms with van der Waals surface area (Å²) in [5.74, 6) is -1.45. The van der Waals surface area contributed by atoms with Crippen LogP contribution in [0.2, 0.25) is 0 Å². The molecule has 0 aliphatic heterocycles. The first-order chi connectivity index (χ1) is 17.2. The summed E-state index contributed by atoms with van der Waals surface area (Å²) in [5.41, 5.74) is 1.72. The maximum atomic E-state index is 14.0. The van der Waals surface area contributed by atoms with E-state index in [0.29, 0.717) is 13.0 Å². The van der Waals surface area contributed by atoms with Crippen LogP contribution < -0.4 is 10.6 Å². The molecule has 0 fully saturated rings. The highest BCUT2D eigenvalue weighted by molar-refractivity contribution is 5.92. The fraction of sp³-hybridized carbons (Fsp3) is 0.643. The Morgan fingerprint density at radius 3 is 2.11 bits per heavy atom. The normalized spacial score (nSPS) is 12.9. The zero-order chi connectivity index (χ0) is 28.3. The topological polar surface area (TPSA) is 114 Å². The third kappa shape index (κ3) is 10.1. The molecule has 3 amide bonds. The van der Waals surface area contributed by atoms with Gasteiger partial charge in [0, 0.05) is 13.1 Å². The molecule has 1 aromatic carbocycles. The Labute approximate surface area is 221 Å². The number of esters is 1. The summed E-state index contributed by atoms with van der Waals surface area (Å²) >= 11 is 0. The largest absolute Gasteiger partial charge is 0.466 e. The Morgan fingerprint density at radius 1 is 1.03 bits per heavy atom. The summed E-state index contributed by atoms with van der Waals surface area (Å²) in [6, 6.07) is 3.85. The van der Waals surface area contributed by atoms with Crippen LogP contribution in [0, 0.1) is 19.8 Å². The van der Waals surface area contributed by atoms with E-state index in [2.05, 4.69) is 10.6 Å². The van der Waals surface area contributed by atoms with Crippen LogP contribution in [0.25, 0.3) is 0 Å². The highest BCUT2D eigenvalue weighted by Gasteiger charge is 2.38. The second-order valence-electron chi connectivity index (χ2n) is 10.5. The van der Waals surface area contributed by atoms with E-state index in [4.69, 9.17) is 9.47 Å². The number of amides is 3. The van der Waals surface area contributed by atoms with Gasteiger partial charge in [0.25, 0.3) is 0 Å². The van der Waals surface area contributed by atoms with Crippen LogP contribution >= 0.6 is 0 Å². The van der Waals surface area contributed by atoms with Crippen molar-refractivity contribution in [1.82, 2.24) is 15.5 Å². The zero-order valence-corrected chi connectivity index (χ0v) is 23.9. The summed E-state index contributed by atoms with van der Waals surface area (Å²) in [4.78, 5) is 53.5. The van der Waals surface area contributed by atoms with Gasteiger partial charge in [0.05, 0.1) is 13.0 Å². The van der Waals surface area contributed by atoms with Gasteiger partial charge in [0.1, 0.15) is 17.7 Å². The van der Waals surface area contributed by atoms with Gasteiger partial charge in [-0.3, -0.25) is 14.4 Å². The van der Waals surface area contributed by atoms with Gasteiger partial charge < -0.3 is 25.0 Å². The van der Waals surface area contributed by atoms with Gasteiger partial charge in [-0.2, -0.15) is 0 Å². The molecule has 0 spiro atoms. The van der Waals surface area contributed by atoms with Crippen LogP contribution in [0.3, 0.4) is 0 Å². The standard InChI is InChI=1S/C28H45N3O6/c1-10-17-31(26(34)23(18(3)4)30-27(35)37-28(7,8)9)24(22-19(5)13-12-14-20(22)6)25(33)29-16-15-21(32)36-11-2/h12-14,18,23-24H,10-11,15-17H2,1-9H3,(H,29,33)(H,30,35). The quantitative estimate of drug-likeness (QED) is 0.400. The van der Waals surface area contributed by atoms with Crippen molar-refractivity contribution < 1.29 is 28.7 Å². The van der Waals surface area contributed by atoms with E-state index < -0.39 is 35.7 Å². The SMILES string of the molecule is CCCN(C(=O)C(NC(=O)OC(C)(C)C)C(C)C)C(C(=O)NCCC(=O)OCC)c1c(C)cccc1C. The Hall–Kier alpha value is -3.10. The monoisotopic (exact) mass is 519 g/mol. The highest BCUT2D eigenvalue weighted by Crippen LogP contribution is 2.29. The smallest absolute Gasteiger partial charge is 0.408 e. The Bertz CT molecular complexity index is 918. The number of aryl methyl sites for hydroxylation is 2. The number of carbonyl (C=O) groups is 4. The molecule has 2 N–H and O–H groups in total. The van der Waals surface area contributed by atoms with Gasteiger partial charge in [-0.15, -0.1) is 0 Å². The van der Waals surface area contributed by atoms with Gasteiger partial charge in [0.15, 0.2) is 0 Å². The van der Waals surface area contributed by atoms with Gasteiger partial charge in [-0.25, -0.2) is 4.79 Å². The van der Waals surface area contributed by atoms with E-state index in [9.17, 15) is 19.2 Å². The van der Waals surface area contributed by atoms with Crippen molar-refractivity contribution in [3.63, 3.8) is 0 Å². The molecule has 0 aliphatic carbocycles. The van der Waals surface area contributed by atoms with Crippen molar-refractivity contribution in [2.24, 2.45) is 5.92 Å². The van der Waals surface area contributed by atoms with Crippen LogP contribution in [0.4, 0.5) is 4.79 Å². The maximum absolute atomic E-state index is 14.0. The number of rotatable bonds is 12. The second kappa shape index (κ2) is 14.6. The predicted molar refractivity (Wildman–Crippen MR) is 143 cm³/mol. The number of ether oxygens (including phenoxy) is 2. The third-order valence-electron chi connectivity index (χ3n) is 5.66. The fourth-order valence-corrected chi connectivity index (χ4v) is 4.04. The number of hydrogen-bond acceptors (Lipinski definition) is 6. The average molecular weight is 520 g/mol. The number of nitrogens with one attached hydrogen (secondary N) is 2. The van der Waals surface area contributed by atoms with Crippen molar-refractivity contribution in [3.8, 4) is 0 Å². The molecule has 0 bridgehead atoms. The Balaban J connectivity index is 3.42. The van der Waals surface area contributed by atoms with E-state index in [1.54, 1.807) is 27.7 Å². The molecule has 0 aromatic heterocycles. The lowest BCUT2D eigenvalue weighted by molar-refractivity contribution is -0.144. The minimum atomic E-state index is -0.947. The van der Waals surface area contributed by atoms with Gasteiger partial charge >= 0.3 is 12.1 Å². The average Bonchev–Trinajstić information content (AvgIpc) is 2.77. The van der Waals surface area contributed by atoms with Crippen LogP contribution in [0.5, 0.6) is 0 Å². The van der Waals surface area contributed by atoms with Gasteiger partial charge in [-0.1, -0.05) is 39.0 Å². The Kier molecular flexibility index (Phi) is 12.6. The predicted octanol–water partition coefficient (Wildman–Crippen LogP) is 4.20. The minimum Gasteiger partial charge on any atom is -0.466 e. The number of carbonyl (C=O) groups excluding carboxylic acids is 4. The van der Waals surface area contributed by atoms with Crippen LogP contribution in [0.1, 0.15) is 84.0 Å². The number of alkyl carbamates (subject to hydrolysis) is 1. The lowest BCUT2D eigenvalue weighted by Gasteiger charge is -2.36. The number of benzene rings is 1. The lowest BCUT2D eigenvalue weighted by Crippen LogP contribution is -2.55. The molecular formula is C28H45N3O6. The maximum Gasteiger partial charge on any atom is 0.408 e. The number of hydrogen-bond donors (Lipinski definition) is 2. The minimum absolute atomic E-state index is 0.0234. The number of nitrogens with zero attached hydrogens (tertiary/aromatic N) is 1. The summed E-state index contributed by atoms with van der Waals surface area (Å²) in [7, 11) is 0. The molecule has 0 saturated carbocycles. The van der Waals surface area contributed by atoms with Gasteiger partial charge in [-0.05, 0) is 70.6 Å². The fourth-order valence-electron chi connectivity index (χ4n) is 4.04. The Morgan fingerprint density at radius 2 is 1.62 bits per heavy atom. The molecule has 37 heavy (non-hydrogen) atoms. The van der Waals surface area contributed by atoms with Crippen molar-refractivity contribution in [1.29, 1.82) is 0 Å². The van der Waals surface area contributed by atoms with Crippen LogP contribution in [-0.4, -0.2) is 60.1 Å². The van der Waals surface area contributed by atoms with Crippen molar-refractivity contribution in [2.45, 2.75) is 92.8 Å². The van der Waals surface area contributed by atoms with E-state index in [-0.39, 0.29) is 31.4 Å². The molecule has 208 valence electrons. The summed E-state index contributed by atoms with van der Waals surface area (Å²) < 4.78 is 10.3. The molecule has 9 heteroatoms. The van der Waals surface area contributed by atoms with Crippen LogP contribution in [0.15, 0.2) is 18.2 Å². The summed E-state index contributed by atoms with van der Waals surface area (Å²) in [6.45, 7) is 17.0. The molecule has 0 saturated heterocycles. The van der Waals surface area contributed by atoms with E-state index in [1.165, 1.54) is 4.90 Å². The third-order valence-corrected chi connectivity index (χ3v) is 5.66. The molecule has 0 heterocycles. The molecule has 1 aromatic rings. The molecule has 0 radical (unpaired) electrons. The molecular weight excluding hydrogens is 474 g/mol. The van der Waals surface area contributed by atoms with E-state index in [1.807, 2.05) is 52.8 Å². The zero-order valence-electron chi connectivity index (χ0n) is 23.9.